The first-order valence-corrected chi connectivity index (χ1v) is 14.5. The lowest BCUT2D eigenvalue weighted by atomic mass is 10.1. The summed E-state index contributed by atoms with van der Waals surface area (Å²) in [5.41, 5.74) is 2.00. The van der Waals surface area contributed by atoms with Gasteiger partial charge >= 0.3 is 0 Å². The molecule has 0 spiro atoms. The normalized spacial score (nSPS) is 23.7. The van der Waals surface area contributed by atoms with Gasteiger partial charge in [0.05, 0.1) is 24.6 Å². The van der Waals surface area contributed by atoms with Crippen LogP contribution in [0.4, 0.5) is 5.69 Å². The van der Waals surface area contributed by atoms with Gasteiger partial charge in [0.1, 0.15) is 0 Å². The van der Waals surface area contributed by atoms with Crippen LogP contribution in [0.3, 0.4) is 0 Å². The molecule has 0 aromatic heterocycles. The molecule has 0 unspecified atom stereocenters. The number of hydrogen-bond acceptors (Lipinski definition) is 6. The Labute approximate surface area is 203 Å². The zero-order valence-corrected chi connectivity index (χ0v) is 21.1. The van der Waals surface area contributed by atoms with Gasteiger partial charge in [0.25, 0.3) is 0 Å². The van der Waals surface area contributed by atoms with Crippen LogP contribution in [0.15, 0.2) is 24.3 Å². The number of carbonyl (C=O) groups is 2. The summed E-state index contributed by atoms with van der Waals surface area (Å²) in [5.74, 6) is 0.355. The number of nitrogens with zero attached hydrogens (tertiary/aromatic N) is 3. The number of carbonyl (C=O) groups excluding carboxylic acids is 2. The van der Waals surface area contributed by atoms with Crippen molar-refractivity contribution in [2.75, 3.05) is 56.1 Å². The fraction of sp³-hybridized carbons (Fsp3) is 0.680. The standard InChI is InChI=1S/C25H38N4O4S/c1-2-20-7-3-6-10-23(20)26-24(30)17-27-12-14-28(15-13-27)18-25(31)29(21-8-4-5-9-21)22-11-16-34(32,33)19-22/h3,6-7,10,21-22H,2,4-5,8-9,11-19H2,1H3,(H,26,30)/t22-/m0/s1. The van der Waals surface area contributed by atoms with Gasteiger partial charge in [0, 0.05) is 44.0 Å². The van der Waals surface area contributed by atoms with Gasteiger partial charge in [-0.1, -0.05) is 38.0 Å². The zero-order chi connectivity index (χ0) is 24.1. The van der Waals surface area contributed by atoms with Gasteiger partial charge in [-0.3, -0.25) is 19.4 Å². The average molecular weight is 491 g/mol. The Morgan fingerprint density at radius 2 is 1.62 bits per heavy atom. The maximum Gasteiger partial charge on any atom is 0.238 e. The van der Waals surface area contributed by atoms with Crippen LogP contribution in [0.25, 0.3) is 0 Å². The van der Waals surface area contributed by atoms with E-state index in [1.165, 1.54) is 0 Å². The molecule has 9 heteroatoms. The third-order valence-electron chi connectivity index (χ3n) is 7.47. The van der Waals surface area contributed by atoms with Crippen molar-refractivity contribution in [1.29, 1.82) is 0 Å². The van der Waals surface area contributed by atoms with E-state index in [2.05, 4.69) is 22.0 Å². The Hall–Kier alpha value is -1.97. The number of amides is 2. The molecule has 1 N–H and O–H groups in total. The largest absolute Gasteiger partial charge is 0.335 e. The molecule has 1 atom stereocenters. The van der Waals surface area contributed by atoms with Gasteiger partial charge in [0.15, 0.2) is 9.84 Å². The quantitative estimate of drug-likeness (QED) is 0.597. The number of benzene rings is 1. The molecule has 2 heterocycles. The van der Waals surface area contributed by atoms with Crippen LogP contribution in [-0.2, 0) is 25.8 Å². The van der Waals surface area contributed by atoms with E-state index in [-0.39, 0.29) is 35.4 Å². The number of piperazine rings is 1. The molecule has 1 saturated carbocycles. The van der Waals surface area contributed by atoms with Gasteiger partial charge < -0.3 is 10.2 Å². The Kier molecular flexibility index (Phi) is 8.26. The molecule has 2 aliphatic heterocycles. The second-order valence-corrected chi connectivity index (χ2v) is 12.1. The predicted octanol–water partition coefficient (Wildman–Crippen LogP) is 1.76. The van der Waals surface area contributed by atoms with Crippen molar-refractivity contribution in [3.05, 3.63) is 29.8 Å². The summed E-state index contributed by atoms with van der Waals surface area (Å²) in [7, 11) is -3.03. The molecule has 34 heavy (non-hydrogen) atoms. The van der Waals surface area contributed by atoms with E-state index in [1.54, 1.807) is 0 Å². The second-order valence-electron chi connectivity index (χ2n) is 9.91. The van der Waals surface area contributed by atoms with E-state index in [9.17, 15) is 18.0 Å². The topological polar surface area (TPSA) is 90.0 Å². The number of sulfone groups is 1. The molecule has 188 valence electrons. The molecule has 1 aliphatic carbocycles. The highest BCUT2D eigenvalue weighted by Crippen LogP contribution is 2.29. The van der Waals surface area contributed by atoms with Crippen LogP contribution < -0.4 is 5.32 Å². The summed E-state index contributed by atoms with van der Waals surface area (Å²) in [6.07, 6.45) is 5.61. The minimum atomic E-state index is -3.03. The Morgan fingerprint density at radius 1 is 0.971 bits per heavy atom. The van der Waals surface area contributed by atoms with Gasteiger partial charge in [-0.05, 0) is 37.3 Å². The number of hydrogen-bond donors (Lipinski definition) is 1. The Balaban J connectivity index is 1.27. The number of rotatable bonds is 8. The third kappa shape index (κ3) is 6.37. The van der Waals surface area contributed by atoms with Crippen molar-refractivity contribution in [3.8, 4) is 0 Å². The highest BCUT2D eigenvalue weighted by molar-refractivity contribution is 7.91. The number of aryl methyl sites for hydroxylation is 1. The van der Waals surface area contributed by atoms with Crippen molar-refractivity contribution >= 4 is 27.3 Å². The number of nitrogens with one attached hydrogen (secondary N) is 1. The van der Waals surface area contributed by atoms with Crippen LogP contribution in [0.2, 0.25) is 0 Å². The smallest absolute Gasteiger partial charge is 0.238 e. The van der Waals surface area contributed by atoms with Crippen molar-refractivity contribution in [3.63, 3.8) is 0 Å². The molecule has 1 aromatic carbocycles. The van der Waals surface area contributed by atoms with Gasteiger partial charge in [-0.15, -0.1) is 0 Å². The van der Waals surface area contributed by atoms with Crippen LogP contribution in [0, 0.1) is 0 Å². The van der Waals surface area contributed by atoms with Crippen molar-refractivity contribution < 1.29 is 18.0 Å². The second kappa shape index (κ2) is 11.2. The lowest BCUT2D eigenvalue weighted by Gasteiger charge is -2.38. The fourth-order valence-corrected chi connectivity index (χ4v) is 7.32. The Morgan fingerprint density at radius 3 is 2.24 bits per heavy atom. The summed E-state index contributed by atoms with van der Waals surface area (Å²) >= 11 is 0. The zero-order valence-electron chi connectivity index (χ0n) is 20.2. The van der Waals surface area contributed by atoms with E-state index in [4.69, 9.17) is 0 Å². The first-order valence-electron chi connectivity index (χ1n) is 12.7. The molecule has 2 amide bonds. The van der Waals surface area contributed by atoms with Crippen LogP contribution in [-0.4, -0.2) is 97.8 Å². The molecule has 0 bridgehead atoms. The summed E-state index contributed by atoms with van der Waals surface area (Å²) in [6.45, 7) is 5.67. The molecular weight excluding hydrogens is 452 g/mol. The number of para-hydroxylation sites is 1. The van der Waals surface area contributed by atoms with Crippen LogP contribution in [0.1, 0.15) is 44.6 Å². The number of anilines is 1. The molecule has 2 saturated heterocycles. The lowest BCUT2D eigenvalue weighted by Crippen LogP contribution is -2.54. The minimum absolute atomic E-state index is 0.0136. The van der Waals surface area contributed by atoms with Crippen LogP contribution >= 0.6 is 0 Å². The van der Waals surface area contributed by atoms with E-state index < -0.39 is 9.84 Å². The SMILES string of the molecule is CCc1ccccc1NC(=O)CN1CCN(CC(=O)N(C2CCCC2)[C@H]2CCS(=O)(=O)C2)CC1. The molecule has 4 rings (SSSR count). The monoisotopic (exact) mass is 490 g/mol. The van der Waals surface area contributed by atoms with E-state index in [0.29, 0.717) is 19.5 Å². The molecule has 0 radical (unpaired) electrons. The van der Waals surface area contributed by atoms with Crippen LogP contribution in [0.5, 0.6) is 0 Å². The highest BCUT2D eigenvalue weighted by atomic mass is 32.2. The molecule has 1 aromatic rings. The van der Waals surface area contributed by atoms with Gasteiger partial charge in [-0.25, -0.2) is 8.42 Å². The van der Waals surface area contributed by atoms with Crippen molar-refractivity contribution in [1.82, 2.24) is 14.7 Å². The Bertz CT molecular complexity index is 969. The van der Waals surface area contributed by atoms with E-state index in [0.717, 1.165) is 69.5 Å². The molecular formula is C25H38N4O4S. The average Bonchev–Trinajstić information content (AvgIpc) is 3.45. The lowest BCUT2D eigenvalue weighted by molar-refractivity contribution is -0.137. The molecule has 8 nitrogen and oxygen atoms in total. The summed E-state index contributed by atoms with van der Waals surface area (Å²) < 4.78 is 24.1. The van der Waals surface area contributed by atoms with Gasteiger partial charge in [-0.2, -0.15) is 0 Å². The third-order valence-corrected chi connectivity index (χ3v) is 9.22. The predicted molar refractivity (Wildman–Crippen MR) is 133 cm³/mol. The molecule has 3 aliphatic rings. The maximum absolute atomic E-state index is 13.3. The van der Waals surface area contributed by atoms with E-state index in [1.807, 2.05) is 29.2 Å². The van der Waals surface area contributed by atoms with Crippen molar-refractivity contribution in [2.45, 2.75) is 57.5 Å². The first kappa shape index (κ1) is 25.1. The summed E-state index contributed by atoms with van der Waals surface area (Å²) in [5, 5.41) is 3.03. The maximum atomic E-state index is 13.3. The summed E-state index contributed by atoms with van der Waals surface area (Å²) in [6, 6.07) is 7.89. The molecule has 3 fully saturated rings. The summed E-state index contributed by atoms with van der Waals surface area (Å²) in [4.78, 5) is 32.1. The van der Waals surface area contributed by atoms with Gasteiger partial charge in [0.2, 0.25) is 11.8 Å². The first-order chi connectivity index (χ1) is 16.3. The van der Waals surface area contributed by atoms with Crippen molar-refractivity contribution in [2.24, 2.45) is 0 Å². The minimum Gasteiger partial charge on any atom is -0.335 e. The fourth-order valence-electron chi connectivity index (χ4n) is 5.60. The highest BCUT2D eigenvalue weighted by Gasteiger charge is 2.39. The van der Waals surface area contributed by atoms with E-state index >= 15 is 0 Å².